The van der Waals surface area contributed by atoms with Crippen molar-refractivity contribution in [3.63, 3.8) is 0 Å². The molecule has 1 N–H and O–H groups in total. The Morgan fingerprint density at radius 3 is 3.06 bits per heavy atom. The van der Waals surface area contributed by atoms with Crippen LogP contribution in [-0.4, -0.2) is 24.9 Å². The van der Waals surface area contributed by atoms with Gasteiger partial charge in [-0.1, -0.05) is 22.0 Å². The van der Waals surface area contributed by atoms with Gasteiger partial charge in [-0.2, -0.15) is 0 Å². The van der Waals surface area contributed by atoms with Crippen LogP contribution in [0.3, 0.4) is 0 Å². The fourth-order valence-corrected chi connectivity index (χ4v) is 2.67. The first-order valence-corrected chi connectivity index (χ1v) is 7.13. The van der Waals surface area contributed by atoms with Crippen LogP contribution in [0, 0.1) is 0 Å². The number of benzene rings is 1. The molecule has 1 saturated heterocycles. The van der Waals surface area contributed by atoms with Crippen LogP contribution in [0.5, 0.6) is 5.75 Å². The van der Waals surface area contributed by atoms with E-state index in [-0.39, 0.29) is 0 Å². The van der Waals surface area contributed by atoms with Gasteiger partial charge in [-0.3, -0.25) is 0 Å². The average Bonchev–Trinajstić information content (AvgIpc) is 2.88. The highest BCUT2D eigenvalue weighted by Gasteiger charge is 2.19. The van der Waals surface area contributed by atoms with E-state index in [1.807, 2.05) is 18.2 Å². The largest absolute Gasteiger partial charge is 0.496 e. The van der Waals surface area contributed by atoms with Gasteiger partial charge >= 0.3 is 0 Å². The number of halogens is 1. The number of rotatable bonds is 5. The third-order valence-corrected chi connectivity index (χ3v) is 3.83. The lowest BCUT2D eigenvalue weighted by atomic mass is 10.0. The number of aliphatic hydroxyl groups excluding tert-OH is 1. The van der Waals surface area contributed by atoms with Gasteiger partial charge in [-0.05, 0) is 37.8 Å². The van der Waals surface area contributed by atoms with Gasteiger partial charge in [0.1, 0.15) is 5.75 Å². The average molecular weight is 315 g/mol. The summed E-state index contributed by atoms with van der Waals surface area (Å²) in [5.41, 5.74) is 0.846. The molecule has 3 nitrogen and oxygen atoms in total. The summed E-state index contributed by atoms with van der Waals surface area (Å²) < 4.78 is 11.8. The van der Waals surface area contributed by atoms with E-state index in [0.29, 0.717) is 12.5 Å². The molecule has 1 aliphatic rings. The first-order chi connectivity index (χ1) is 8.70. The Labute approximate surface area is 116 Å². The molecule has 0 spiro atoms. The van der Waals surface area contributed by atoms with Crippen LogP contribution in [0.2, 0.25) is 0 Å². The zero-order valence-electron chi connectivity index (χ0n) is 10.6. The van der Waals surface area contributed by atoms with Crippen molar-refractivity contribution >= 4 is 15.9 Å². The van der Waals surface area contributed by atoms with Gasteiger partial charge in [0.05, 0.1) is 19.3 Å². The molecule has 0 radical (unpaired) electrons. The van der Waals surface area contributed by atoms with Crippen LogP contribution in [0.25, 0.3) is 0 Å². The molecule has 18 heavy (non-hydrogen) atoms. The number of aliphatic hydroxyl groups is 1. The molecule has 1 aromatic rings. The molecule has 2 rings (SSSR count). The van der Waals surface area contributed by atoms with Crippen molar-refractivity contribution in [2.24, 2.45) is 0 Å². The van der Waals surface area contributed by atoms with Crippen molar-refractivity contribution in [2.75, 3.05) is 13.7 Å². The fraction of sp³-hybridized carbons (Fsp3) is 0.571. The predicted octanol–water partition coefficient (Wildman–Crippen LogP) is 3.45. The second kappa shape index (κ2) is 6.55. The van der Waals surface area contributed by atoms with Crippen molar-refractivity contribution in [1.29, 1.82) is 0 Å². The van der Waals surface area contributed by atoms with E-state index in [2.05, 4.69) is 15.9 Å². The molecule has 0 amide bonds. The molecule has 0 aliphatic carbocycles. The van der Waals surface area contributed by atoms with E-state index in [0.717, 1.165) is 41.7 Å². The summed E-state index contributed by atoms with van der Waals surface area (Å²) >= 11 is 3.40. The fourth-order valence-electron chi connectivity index (χ4n) is 2.33. The lowest BCUT2D eigenvalue weighted by Gasteiger charge is -2.17. The molecule has 1 aromatic carbocycles. The van der Waals surface area contributed by atoms with Crippen LogP contribution in [-0.2, 0) is 4.74 Å². The van der Waals surface area contributed by atoms with Gasteiger partial charge in [0, 0.05) is 16.6 Å². The Bertz CT molecular complexity index is 389. The lowest BCUT2D eigenvalue weighted by molar-refractivity contribution is 0.0805. The summed E-state index contributed by atoms with van der Waals surface area (Å²) in [5.74, 6) is 0.726. The molecule has 1 heterocycles. The maximum atomic E-state index is 10.2. The molecule has 2 unspecified atom stereocenters. The summed E-state index contributed by atoms with van der Waals surface area (Å²) in [6, 6.07) is 5.71. The molecule has 0 bridgehead atoms. The van der Waals surface area contributed by atoms with Crippen LogP contribution in [0.1, 0.15) is 37.4 Å². The van der Waals surface area contributed by atoms with Gasteiger partial charge in [0.25, 0.3) is 0 Å². The van der Waals surface area contributed by atoms with Crippen molar-refractivity contribution in [1.82, 2.24) is 0 Å². The second-order valence-corrected chi connectivity index (χ2v) is 5.53. The van der Waals surface area contributed by atoms with Crippen LogP contribution in [0.4, 0.5) is 0 Å². The predicted molar refractivity (Wildman–Crippen MR) is 73.9 cm³/mol. The van der Waals surface area contributed by atoms with Gasteiger partial charge < -0.3 is 14.6 Å². The molecule has 0 aromatic heterocycles. The smallest absolute Gasteiger partial charge is 0.125 e. The summed E-state index contributed by atoms with van der Waals surface area (Å²) in [6.07, 6.45) is 3.70. The SMILES string of the molecule is COc1cc(Br)ccc1C(O)CCC1CCCO1. The Hall–Kier alpha value is -0.580. The molecular formula is C14H19BrO3. The zero-order valence-corrected chi connectivity index (χ0v) is 12.1. The topological polar surface area (TPSA) is 38.7 Å². The molecule has 1 fully saturated rings. The summed E-state index contributed by atoms with van der Waals surface area (Å²) in [5, 5.41) is 10.2. The Morgan fingerprint density at radius 1 is 1.56 bits per heavy atom. The third kappa shape index (κ3) is 3.46. The summed E-state index contributed by atoms with van der Waals surface area (Å²) in [6.45, 7) is 0.863. The Kier molecular flexibility index (Phi) is 5.03. The molecule has 0 saturated carbocycles. The van der Waals surface area contributed by atoms with Gasteiger partial charge in [0.2, 0.25) is 0 Å². The molecule has 100 valence electrons. The highest BCUT2D eigenvalue weighted by atomic mass is 79.9. The van der Waals surface area contributed by atoms with Crippen LogP contribution >= 0.6 is 15.9 Å². The number of ether oxygens (including phenoxy) is 2. The third-order valence-electron chi connectivity index (χ3n) is 3.34. The minimum absolute atomic E-state index is 0.320. The first kappa shape index (κ1) is 13.8. The van der Waals surface area contributed by atoms with E-state index in [9.17, 15) is 5.11 Å². The number of methoxy groups -OCH3 is 1. The monoisotopic (exact) mass is 314 g/mol. The minimum Gasteiger partial charge on any atom is -0.496 e. The lowest BCUT2D eigenvalue weighted by Crippen LogP contribution is -2.08. The van der Waals surface area contributed by atoms with E-state index < -0.39 is 6.10 Å². The molecule has 4 heteroatoms. The summed E-state index contributed by atoms with van der Waals surface area (Å²) in [7, 11) is 1.62. The van der Waals surface area contributed by atoms with Crippen molar-refractivity contribution in [3.05, 3.63) is 28.2 Å². The maximum Gasteiger partial charge on any atom is 0.125 e. The van der Waals surface area contributed by atoms with E-state index >= 15 is 0 Å². The highest BCUT2D eigenvalue weighted by Crippen LogP contribution is 2.32. The highest BCUT2D eigenvalue weighted by molar-refractivity contribution is 9.10. The van der Waals surface area contributed by atoms with Gasteiger partial charge in [-0.25, -0.2) is 0 Å². The number of hydrogen-bond acceptors (Lipinski definition) is 3. The molecule has 1 aliphatic heterocycles. The Balaban J connectivity index is 1.96. The molecular weight excluding hydrogens is 296 g/mol. The van der Waals surface area contributed by atoms with Crippen molar-refractivity contribution in [3.8, 4) is 5.75 Å². The quantitative estimate of drug-likeness (QED) is 0.904. The van der Waals surface area contributed by atoms with Crippen molar-refractivity contribution in [2.45, 2.75) is 37.9 Å². The van der Waals surface area contributed by atoms with Crippen LogP contribution in [0.15, 0.2) is 22.7 Å². The number of hydrogen-bond donors (Lipinski definition) is 1. The zero-order chi connectivity index (χ0) is 13.0. The van der Waals surface area contributed by atoms with Gasteiger partial charge in [0.15, 0.2) is 0 Å². The van der Waals surface area contributed by atoms with E-state index in [1.165, 1.54) is 0 Å². The van der Waals surface area contributed by atoms with Gasteiger partial charge in [-0.15, -0.1) is 0 Å². The first-order valence-electron chi connectivity index (χ1n) is 6.34. The normalized spacial score (nSPS) is 20.9. The standard InChI is InChI=1S/C14H19BrO3/c1-17-14-9-10(15)4-6-12(14)13(16)7-5-11-3-2-8-18-11/h4,6,9,11,13,16H,2-3,5,7-8H2,1H3. The van der Waals surface area contributed by atoms with Crippen LogP contribution < -0.4 is 4.74 Å². The van der Waals surface area contributed by atoms with E-state index in [4.69, 9.17) is 9.47 Å². The minimum atomic E-state index is -0.489. The Morgan fingerprint density at radius 2 is 2.39 bits per heavy atom. The molecule has 2 atom stereocenters. The maximum absolute atomic E-state index is 10.2. The van der Waals surface area contributed by atoms with E-state index in [1.54, 1.807) is 7.11 Å². The van der Waals surface area contributed by atoms with Crippen molar-refractivity contribution < 1.29 is 14.6 Å². The second-order valence-electron chi connectivity index (χ2n) is 4.61. The summed E-state index contributed by atoms with van der Waals surface area (Å²) in [4.78, 5) is 0.